The van der Waals surface area contributed by atoms with Gasteiger partial charge in [-0.2, -0.15) is 0 Å². The van der Waals surface area contributed by atoms with Crippen LogP contribution in [0.3, 0.4) is 0 Å². The fraction of sp³-hybridized carbons (Fsp3) is 0.0256. The number of nitrogens with zero attached hydrogens (tertiary/aromatic N) is 4. The van der Waals surface area contributed by atoms with Crippen LogP contribution in [0, 0.1) is 0 Å². The van der Waals surface area contributed by atoms with Crippen LogP contribution < -0.4 is 10.2 Å². The molecule has 122 heavy (non-hydrogen) atoms. The van der Waals surface area contributed by atoms with Gasteiger partial charge in [-0.1, -0.05) is 352 Å². The van der Waals surface area contributed by atoms with Gasteiger partial charge in [0.05, 0.1) is 60.7 Å². The highest BCUT2D eigenvalue weighted by Gasteiger charge is 2.53. The maximum atomic E-state index is 3.82. The van der Waals surface area contributed by atoms with E-state index >= 15 is 0 Å². The minimum Gasteiger partial charge on any atom is -0.355 e. The van der Waals surface area contributed by atoms with E-state index in [2.05, 4.69) is 485 Å². The molecule has 570 valence electrons. The fourth-order valence-corrected chi connectivity index (χ4v) is 22.4. The molecular weight excluding hydrogens is 1480 g/mol. The van der Waals surface area contributed by atoms with E-state index < -0.39 is 16.2 Å². The highest BCUT2D eigenvalue weighted by atomic mass is 15.1. The maximum absolute atomic E-state index is 3.82. The molecule has 0 fully saturated rings. The lowest BCUT2D eigenvalue weighted by atomic mass is 9.65. The zero-order valence-corrected chi connectivity index (χ0v) is 66.7. The van der Waals surface area contributed by atoms with Crippen LogP contribution in [-0.2, 0) is 16.2 Å². The molecule has 0 radical (unpaired) electrons. The summed E-state index contributed by atoms with van der Waals surface area (Å²) in [6.07, 6.45) is 0. The minimum absolute atomic E-state index is 0.410. The van der Waals surface area contributed by atoms with Crippen LogP contribution >= 0.6 is 0 Å². The third-order valence-corrected chi connectivity index (χ3v) is 27.0. The van der Waals surface area contributed by atoms with Crippen LogP contribution in [-0.4, -0.2) is 13.7 Å². The van der Waals surface area contributed by atoms with E-state index in [4.69, 9.17) is 0 Å². The van der Waals surface area contributed by atoms with Crippen LogP contribution in [0.15, 0.2) is 461 Å². The van der Waals surface area contributed by atoms with Crippen LogP contribution in [0.2, 0.25) is 0 Å². The summed E-state index contributed by atoms with van der Waals surface area (Å²) in [5.74, 6) is 0. The molecule has 1 aliphatic heterocycles. The lowest BCUT2D eigenvalue weighted by molar-refractivity contribution is 0.748. The Hall–Kier alpha value is -15.8. The first-order valence-electron chi connectivity index (χ1n) is 42.4. The molecular formula is C117H77N5. The Morgan fingerprint density at radius 3 is 1.08 bits per heavy atom. The van der Waals surface area contributed by atoms with Crippen LogP contribution in [0.4, 0.5) is 28.4 Å². The molecule has 0 saturated carbocycles. The summed E-state index contributed by atoms with van der Waals surface area (Å²) in [5.41, 5.74) is 37.6. The number of nitrogens with one attached hydrogen (secondary N) is 1. The number of benzene rings is 19. The third-order valence-electron chi connectivity index (χ3n) is 27.0. The van der Waals surface area contributed by atoms with E-state index in [0.717, 1.165) is 39.8 Å². The Bertz CT molecular complexity index is 7790. The molecule has 5 nitrogen and oxygen atoms in total. The van der Waals surface area contributed by atoms with Crippen molar-refractivity contribution in [3.8, 4) is 50.4 Å². The highest BCUT2D eigenvalue weighted by molar-refractivity contribution is 6.14. The number of hydrogen-bond acceptors (Lipinski definition) is 2. The van der Waals surface area contributed by atoms with Gasteiger partial charge in [-0.05, 0) is 198 Å². The van der Waals surface area contributed by atoms with E-state index in [0.29, 0.717) is 0 Å². The van der Waals surface area contributed by atoms with Gasteiger partial charge in [0.15, 0.2) is 0 Å². The first-order chi connectivity index (χ1) is 60.6. The topological polar surface area (TPSA) is 30.1 Å². The first kappa shape index (κ1) is 69.3. The van der Waals surface area contributed by atoms with Crippen LogP contribution in [0.1, 0.15) is 66.8 Å². The van der Waals surface area contributed by atoms with E-state index in [1.54, 1.807) is 0 Å². The normalized spacial score (nSPS) is 14.4. The molecule has 0 bridgehead atoms. The largest absolute Gasteiger partial charge is 0.355 e. The monoisotopic (exact) mass is 1550 g/mol. The molecule has 26 rings (SSSR count). The first-order valence-corrected chi connectivity index (χ1v) is 42.4. The van der Waals surface area contributed by atoms with Crippen molar-refractivity contribution in [2.45, 2.75) is 16.2 Å². The number of para-hydroxylation sites is 7. The Morgan fingerprint density at radius 2 is 0.566 bits per heavy atom. The van der Waals surface area contributed by atoms with Gasteiger partial charge in [0.2, 0.25) is 0 Å². The van der Waals surface area contributed by atoms with E-state index in [-0.39, 0.29) is 0 Å². The molecule has 22 aromatic rings. The molecule has 3 aromatic heterocycles. The lowest BCUT2D eigenvalue weighted by Crippen LogP contribution is -2.33. The van der Waals surface area contributed by atoms with Gasteiger partial charge in [0.1, 0.15) is 0 Å². The summed E-state index contributed by atoms with van der Waals surface area (Å²) in [6, 6.07) is 171. The zero-order chi connectivity index (χ0) is 80.2. The lowest BCUT2D eigenvalue weighted by Gasteiger charge is -2.40. The number of fused-ring (bicyclic) bond motifs is 24. The van der Waals surface area contributed by atoms with Crippen LogP contribution in [0.5, 0.6) is 0 Å². The van der Waals surface area contributed by atoms with Crippen molar-refractivity contribution in [2.75, 3.05) is 10.2 Å². The van der Waals surface area contributed by atoms with Gasteiger partial charge in [0, 0.05) is 77.6 Å². The van der Waals surface area contributed by atoms with Crippen molar-refractivity contribution >= 4 is 93.9 Å². The van der Waals surface area contributed by atoms with Gasteiger partial charge in [-0.25, -0.2) is 0 Å². The summed E-state index contributed by atoms with van der Waals surface area (Å²) in [4.78, 5) is 2.56. The number of hydrogen-bond donors (Lipinski definition) is 1. The van der Waals surface area contributed by atoms with E-state index in [1.165, 1.54) is 171 Å². The van der Waals surface area contributed by atoms with Gasteiger partial charge >= 0.3 is 0 Å². The SMILES string of the molecule is c1ccc(C2(c3ccccc3)c3ccccc3-c3c(N(c4ccc(-n5c6ccccc6c6ccccc65)cc4)c4ccc5c(c4)C4(c6ccccc6-5)c5ccccc5-n5c6ccccc6c6cccc4c65)cccc32)cc1.c1ccc(C2(c3ccccc3)c3ccccc3-c3c(Nc4ccc(-n5c6ccccc6c6ccccc65)cc4)cccc32)cc1. The number of anilines is 5. The Kier molecular flexibility index (Phi) is 15.4. The van der Waals surface area contributed by atoms with Crippen molar-refractivity contribution in [3.63, 3.8) is 0 Å². The molecule has 0 saturated heterocycles. The predicted molar refractivity (Wildman–Crippen MR) is 506 cm³/mol. The summed E-state index contributed by atoms with van der Waals surface area (Å²) in [5, 5.41) is 11.4. The van der Waals surface area contributed by atoms with Gasteiger partial charge < -0.3 is 23.9 Å². The Balaban J connectivity index is 0.000000155. The standard InChI is InChI=1S/C74H47N3.C43H30N2/c1-3-21-48(22-4-1)73(49-23-5-2-6-24-49)61-32-13-8-29-59(61)71-63(73)34-20-40-70(71)75(50-41-43-51(44-42-50)76-66-36-15-9-26-55(66)56-27-10-16-37-67(56)76)52-45-46-54-53-25-7-12-31-60(53)74(65(54)47-52)62-33-14-18-39-69(62)77-68-38-17-11-28-57(68)58-30-19-35-64(74)72(58)77;1-3-14-30(15-4-1)43(31-16-5-2-6-17-31)37-21-10-7-20-36(37)42-38(43)22-13-23-39(42)44-32-26-28-33(29-27-32)45-40-24-11-8-18-34(40)35-19-9-12-25-41(35)45/h1-47H;1-29,44H. The fourth-order valence-electron chi connectivity index (χ4n) is 22.4. The quantitative estimate of drug-likeness (QED) is 0.140. The molecule has 0 amide bonds. The summed E-state index contributed by atoms with van der Waals surface area (Å²) in [6.45, 7) is 0. The third kappa shape index (κ3) is 9.70. The molecule has 4 aliphatic rings. The Labute approximate surface area is 707 Å². The van der Waals surface area contributed by atoms with Gasteiger partial charge in [-0.3, -0.25) is 0 Å². The molecule has 1 unspecified atom stereocenters. The average Bonchev–Trinajstić information content (AvgIpc) is 1.49. The maximum Gasteiger partial charge on any atom is 0.0755 e. The van der Waals surface area contributed by atoms with Crippen molar-refractivity contribution in [3.05, 3.63) is 528 Å². The molecule has 1 N–H and O–H groups in total. The minimum atomic E-state index is -0.616. The molecule has 3 aliphatic carbocycles. The van der Waals surface area contributed by atoms with E-state index in [9.17, 15) is 0 Å². The van der Waals surface area contributed by atoms with Crippen molar-refractivity contribution in [2.24, 2.45) is 0 Å². The number of aromatic nitrogens is 3. The van der Waals surface area contributed by atoms with Crippen LogP contribution in [0.25, 0.3) is 116 Å². The van der Waals surface area contributed by atoms with Crippen molar-refractivity contribution in [1.29, 1.82) is 0 Å². The Morgan fingerprint density at radius 1 is 0.213 bits per heavy atom. The molecule has 4 heterocycles. The molecule has 19 aromatic carbocycles. The zero-order valence-electron chi connectivity index (χ0n) is 66.7. The second kappa shape index (κ2) is 27.1. The second-order valence-corrected chi connectivity index (χ2v) is 32.8. The van der Waals surface area contributed by atoms with Gasteiger partial charge in [-0.15, -0.1) is 0 Å². The predicted octanol–water partition coefficient (Wildman–Crippen LogP) is 29.3. The molecule has 5 heteroatoms. The summed E-state index contributed by atoms with van der Waals surface area (Å²) < 4.78 is 7.31. The van der Waals surface area contributed by atoms with Gasteiger partial charge in [0.25, 0.3) is 0 Å². The van der Waals surface area contributed by atoms with Crippen molar-refractivity contribution in [1.82, 2.24) is 13.7 Å². The van der Waals surface area contributed by atoms with E-state index in [1.807, 2.05) is 0 Å². The molecule has 1 spiro atoms. The molecule has 1 atom stereocenters. The van der Waals surface area contributed by atoms with Crippen molar-refractivity contribution < 1.29 is 0 Å². The highest BCUT2D eigenvalue weighted by Crippen LogP contribution is 2.65. The smallest absolute Gasteiger partial charge is 0.0755 e. The summed E-state index contributed by atoms with van der Waals surface area (Å²) >= 11 is 0. The second-order valence-electron chi connectivity index (χ2n) is 32.8. The average molecular weight is 1550 g/mol. The number of rotatable bonds is 11. The summed E-state index contributed by atoms with van der Waals surface area (Å²) in [7, 11) is 0.